The maximum atomic E-state index is 14.6. The van der Waals surface area contributed by atoms with Crippen LogP contribution in [0.25, 0.3) is 0 Å². The van der Waals surface area contributed by atoms with Crippen molar-refractivity contribution >= 4 is 46.7 Å². The van der Waals surface area contributed by atoms with E-state index < -0.39 is 34.6 Å². The summed E-state index contributed by atoms with van der Waals surface area (Å²) in [6.07, 6.45) is 2.68. The standard InChI is InChI=1S/C28H27ClF2N6O4S/c1-4-41-27(40)18-22(15-7-10-37(11-8-15)28-33-14(3)13(2)21(36-28)26(38)39)34-24(25-32-9-12-42-25)35-23(18)16-5-6-17(30)20(31)19(16)29/h5-6,9,12,15,23H,4,7-8,10-11H2,1-3H3,(H,34,35)(H,38,39). The summed E-state index contributed by atoms with van der Waals surface area (Å²) in [5.41, 5.74) is 1.85. The fourth-order valence-electron chi connectivity index (χ4n) is 5.08. The van der Waals surface area contributed by atoms with Gasteiger partial charge in [0.25, 0.3) is 0 Å². The summed E-state index contributed by atoms with van der Waals surface area (Å²) >= 11 is 7.60. The number of aromatic carboxylic acids is 1. The number of nitrogens with zero attached hydrogens (tertiary/aromatic N) is 5. The molecule has 3 aromatic rings. The molecule has 0 spiro atoms. The normalized spacial score (nSPS) is 17.6. The van der Waals surface area contributed by atoms with Gasteiger partial charge in [-0.05, 0) is 39.7 Å². The van der Waals surface area contributed by atoms with Crippen LogP contribution in [0.3, 0.4) is 0 Å². The van der Waals surface area contributed by atoms with Crippen molar-refractivity contribution in [1.82, 2.24) is 20.3 Å². The van der Waals surface area contributed by atoms with Gasteiger partial charge in [0.15, 0.2) is 28.2 Å². The number of hydrogen-bond donors (Lipinski definition) is 2. The third-order valence-electron chi connectivity index (χ3n) is 7.33. The van der Waals surface area contributed by atoms with Gasteiger partial charge < -0.3 is 20.1 Å². The van der Waals surface area contributed by atoms with Crippen molar-refractivity contribution in [3.8, 4) is 0 Å². The molecular weight excluding hydrogens is 590 g/mol. The Morgan fingerprint density at radius 1 is 1.21 bits per heavy atom. The number of carboxylic acid groups (broad SMARTS) is 1. The van der Waals surface area contributed by atoms with Crippen molar-refractivity contribution in [3.63, 3.8) is 0 Å². The Hall–Kier alpha value is -3.97. The minimum absolute atomic E-state index is 0.0450. The smallest absolute Gasteiger partial charge is 0.354 e. The Morgan fingerprint density at radius 2 is 1.95 bits per heavy atom. The molecule has 14 heteroatoms. The number of hydrogen-bond acceptors (Lipinski definition) is 10. The highest BCUT2D eigenvalue weighted by atomic mass is 35.5. The van der Waals surface area contributed by atoms with Crippen molar-refractivity contribution < 1.29 is 28.2 Å². The predicted molar refractivity (Wildman–Crippen MR) is 153 cm³/mol. The number of nitrogens with one attached hydrogen (secondary N) is 1. The Labute approximate surface area is 249 Å². The van der Waals surface area contributed by atoms with Crippen LogP contribution in [0.5, 0.6) is 0 Å². The molecule has 1 saturated heterocycles. The summed E-state index contributed by atoms with van der Waals surface area (Å²) in [7, 11) is 0. The summed E-state index contributed by atoms with van der Waals surface area (Å²) in [5, 5.41) is 14.7. The Balaban J connectivity index is 1.54. The SMILES string of the molecule is CCOC(=O)C1=C(C2CCN(c3nc(C)c(C)c(C(=O)O)n3)CC2)NC(c2nccs2)=NC1c1ccc(F)c(F)c1Cl. The molecule has 2 aromatic heterocycles. The summed E-state index contributed by atoms with van der Waals surface area (Å²) in [6.45, 7) is 6.11. The van der Waals surface area contributed by atoms with Gasteiger partial charge in [-0.25, -0.2) is 33.3 Å². The van der Waals surface area contributed by atoms with E-state index in [2.05, 4.69) is 20.3 Å². The number of rotatable bonds is 7. The average molecular weight is 617 g/mol. The minimum Gasteiger partial charge on any atom is -0.476 e. The highest BCUT2D eigenvalue weighted by molar-refractivity contribution is 7.11. The van der Waals surface area contributed by atoms with Crippen molar-refractivity contribution in [2.75, 3.05) is 24.6 Å². The van der Waals surface area contributed by atoms with E-state index >= 15 is 0 Å². The lowest BCUT2D eigenvalue weighted by Gasteiger charge is -2.37. The summed E-state index contributed by atoms with van der Waals surface area (Å²) in [5.74, 6) is -3.64. The number of aryl methyl sites for hydroxylation is 1. The number of allylic oxidation sites excluding steroid dienone is 1. The van der Waals surface area contributed by atoms with Crippen molar-refractivity contribution in [2.45, 2.75) is 39.7 Å². The van der Waals surface area contributed by atoms with Crippen molar-refractivity contribution in [2.24, 2.45) is 10.9 Å². The van der Waals surface area contributed by atoms with Crippen LogP contribution in [0, 0.1) is 31.4 Å². The van der Waals surface area contributed by atoms with E-state index in [1.807, 2.05) is 4.90 Å². The van der Waals surface area contributed by atoms with E-state index in [0.29, 0.717) is 59.7 Å². The van der Waals surface area contributed by atoms with E-state index in [-0.39, 0.29) is 29.4 Å². The molecule has 1 fully saturated rings. The van der Waals surface area contributed by atoms with Gasteiger partial charge in [0, 0.05) is 53.1 Å². The van der Waals surface area contributed by atoms with Crippen LogP contribution in [0.15, 0.2) is 40.0 Å². The van der Waals surface area contributed by atoms with Gasteiger partial charge in [-0.1, -0.05) is 17.7 Å². The third-order valence-corrected chi connectivity index (χ3v) is 8.49. The molecule has 5 rings (SSSR count). The Kier molecular flexibility index (Phi) is 8.50. The third kappa shape index (κ3) is 5.58. The Morgan fingerprint density at radius 3 is 2.60 bits per heavy atom. The molecule has 1 aromatic carbocycles. The summed E-state index contributed by atoms with van der Waals surface area (Å²) in [6, 6.07) is 1.18. The van der Waals surface area contributed by atoms with Crippen LogP contribution in [0.1, 0.15) is 58.1 Å². The number of carbonyl (C=O) groups excluding carboxylic acids is 1. The molecule has 220 valence electrons. The van der Waals surface area contributed by atoms with Crippen LogP contribution < -0.4 is 10.2 Å². The number of benzene rings is 1. The van der Waals surface area contributed by atoms with E-state index in [9.17, 15) is 23.5 Å². The van der Waals surface area contributed by atoms with Gasteiger partial charge in [0.2, 0.25) is 5.95 Å². The number of carboxylic acids is 1. The van der Waals surface area contributed by atoms with Crippen molar-refractivity contribution in [3.05, 3.63) is 79.2 Å². The number of halogens is 3. The molecule has 0 amide bonds. The molecule has 2 aliphatic heterocycles. The van der Waals surface area contributed by atoms with Gasteiger partial charge in [-0.15, -0.1) is 11.3 Å². The van der Waals surface area contributed by atoms with E-state index in [1.54, 1.807) is 32.3 Å². The lowest BCUT2D eigenvalue weighted by Crippen LogP contribution is -2.42. The number of esters is 1. The molecule has 0 saturated carbocycles. The fraction of sp³-hybridized carbons (Fsp3) is 0.357. The number of aromatic nitrogens is 3. The largest absolute Gasteiger partial charge is 0.476 e. The highest BCUT2D eigenvalue weighted by Gasteiger charge is 2.38. The number of amidine groups is 1. The summed E-state index contributed by atoms with van der Waals surface area (Å²) < 4.78 is 34.0. The van der Waals surface area contributed by atoms with Gasteiger partial charge in [-0.2, -0.15) is 0 Å². The Bertz CT molecular complexity index is 1610. The van der Waals surface area contributed by atoms with Crippen LogP contribution >= 0.6 is 22.9 Å². The quantitative estimate of drug-likeness (QED) is 0.278. The molecule has 0 bridgehead atoms. The first-order valence-corrected chi connectivity index (χ1v) is 14.5. The first-order valence-electron chi connectivity index (χ1n) is 13.2. The molecule has 42 heavy (non-hydrogen) atoms. The zero-order chi connectivity index (χ0) is 30.1. The molecular formula is C28H27ClF2N6O4S. The number of thiazole rings is 1. The maximum Gasteiger partial charge on any atom is 0.354 e. The second kappa shape index (κ2) is 12.1. The molecule has 4 heterocycles. The molecule has 1 unspecified atom stereocenters. The van der Waals surface area contributed by atoms with Crippen LogP contribution in [0.4, 0.5) is 14.7 Å². The second-order valence-electron chi connectivity index (χ2n) is 9.80. The van der Waals surface area contributed by atoms with Crippen LogP contribution in [-0.4, -0.2) is 57.5 Å². The zero-order valence-corrected chi connectivity index (χ0v) is 24.5. The fourth-order valence-corrected chi connectivity index (χ4v) is 5.92. The maximum absolute atomic E-state index is 14.6. The lowest BCUT2D eigenvalue weighted by atomic mass is 9.85. The average Bonchev–Trinajstić information content (AvgIpc) is 3.52. The summed E-state index contributed by atoms with van der Waals surface area (Å²) in [4.78, 5) is 44.9. The van der Waals surface area contributed by atoms with Crippen molar-refractivity contribution in [1.29, 1.82) is 0 Å². The van der Waals surface area contributed by atoms with Gasteiger partial charge in [0.05, 0.1) is 17.2 Å². The predicted octanol–water partition coefficient (Wildman–Crippen LogP) is 5.00. The number of ether oxygens (including phenoxy) is 1. The zero-order valence-electron chi connectivity index (χ0n) is 22.9. The number of piperidine rings is 1. The van der Waals surface area contributed by atoms with Gasteiger partial charge in [-0.3, -0.25) is 4.99 Å². The molecule has 2 N–H and O–H groups in total. The number of carbonyl (C=O) groups is 2. The van der Waals surface area contributed by atoms with Gasteiger partial charge >= 0.3 is 11.9 Å². The monoisotopic (exact) mass is 616 g/mol. The molecule has 0 radical (unpaired) electrons. The molecule has 1 atom stereocenters. The van der Waals surface area contributed by atoms with Crippen LogP contribution in [-0.2, 0) is 9.53 Å². The first-order chi connectivity index (χ1) is 20.1. The van der Waals surface area contributed by atoms with Gasteiger partial charge in [0.1, 0.15) is 6.04 Å². The topological polar surface area (TPSA) is 130 Å². The molecule has 10 nitrogen and oxygen atoms in total. The minimum atomic E-state index is -1.23. The van der Waals surface area contributed by atoms with E-state index in [4.69, 9.17) is 21.3 Å². The molecule has 2 aliphatic rings. The first kappa shape index (κ1) is 29.5. The molecule has 0 aliphatic carbocycles. The van der Waals surface area contributed by atoms with E-state index in [0.717, 1.165) is 6.07 Å². The highest BCUT2D eigenvalue weighted by Crippen LogP contribution is 2.41. The van der Waals surface area contributed by atoms with Crippen LogP contribution in [0.2, 0.25) is 5.02 Å². The van der Waals surface area contributed by atoms with E-state index in [1.165, 1.54) is 17.4 Å². The number of anilines is 1. The lowest BCUT2D eigenvalue weighted by molar-refractivity contribution is -0.139. The second-order valence-corrected chi connectivity index (χ2v) is 11.1. The number of aliphatic imine (C=N–C) groups is 1.